The molecule has 0 aromatic heterocycles. The summed E-state index contributed by atoms with van der Waals surface area (Å²) in [7, 11) is 1.72. The van der Waals surface area contributed by atoms with Crippen molar-refractivity contribution in [2.75, 3.05) is 13.7 Å². The molecule has 0 aliphatic heterocycles. The van der Waals surface area contributed by atoms with Gasteiger partial charge in [-0.15, -0.1) is 0 Å². The van der Waals surface area contributed by atoms with Crippen LogP contribution in [0.4, 0.5) is 0 Å². The van der Waals surface area contributed by atoms with Gasteiger partial charge in [0.05, 0.1) is 7.11 Å². The number of likely N-dealkylation sites (N-methyl/N-ethyl adjacent to an activating group) is 1. The number of fused-ring (bicyclic) bond motifs is 1. The van der Waals surface area contributed by atoms with Crippen LogP contribution in [-0.4, -0.2) is 19.7 Å². The lowest BCUT2D eigenvalue weighted by Gasteiger charge is -2.10. The van der Waals surface area contributed by atoms with Crippen LogP contribution in [0.25, 0.3) is 16.8 Å². The van der Waals surface area contributed by atoms with Crippen molar-refractivity contribution in [3.63, 3.8) is 0 Å². The summed E-state index contributed by atoms with van der Waals surface area (Å²) >= 11 is 0. The molecule has 100 valence electrons. The molecular weight excluding hydrogens is 234 g/mol. The van der Waals surface area contributed by atoms with Gasteiger partial charge in [0.2, 0.25) is 0 Å². The molecular formula is C17H21NO. The Balaban J connectivity index is 2.44. The molecule has 0 aliphatic carbocycles. The largest absolute Gasteiger partial charge is 0.496 e. The average Bonchev–Trinajstić information content (AvgIpc) is 2.44. The number of nitrogens with one attached hydrogen (secondary N) is 1. The van der Waals surface area contributed by atoms with Crippen molar-refractivity contribution in [2.45, 2.75) is 19.9 Å². The maximum absolute atomic E-state index is 5.47. The lowest BCUT2D eigenvalue weighted by molar-refractivity contribution is 0.414. The number of rotatable bonds is 5. The summed E-state index contributed by atoms with van der Waals surface area (Å²) < 4.78 is 5.47. The monoisotopic (exact) mass is 255 g/mol. The summed E-state index contributed by atoms with van der Waals surface area (Å²) in [4.78, 5) is 0. The van der Waals surface area contributed by atoms with E-state index in [4.69, 9.17) is 4.74 Å². The highest BCUT2D eigenvalue weighted by Crippen LogP contribution is 2.29. The van der Waals surface area contributed by atoms with Gasteiger partial charge in [-0.25, -0.2) is 0 Å². The van der Waals surface area contributed by atoms with E-state index in [0.29, 0.717) is 6.04 Å². The van der Waals surface area contributed by atoms with Gasteiger partial charge in [0, 0.05) is 11.6 Å². The molecule has 19 heavy (non-hydrogen) atoms. The van der Waals surface area contributed by atoms with Gasteiger partial charge in [-0.05, 0) is 30.3 Å². The van der Waals surface area contributed by atoms with E-state index in [2.05, 4.69) is 61.6 Å². The fourth-order valence-corrected chi connectivity index (χ4v) is 2.26. The van der Waals surface area contributed by atoms with Gasteiger partial charge in [0.15, 0.2) is 0 Å². The second-order valence-electron chi connectivity index (χ2n) is 4.61. The van der Waals surface area contributed by atoms with E-state index in [-0.39, 0.29) is 0 Å². The SMILES string of the molecule is CCNC(C)/C=C/c1c(OC)ccc2ccccc12. The molecule has 2 rings (SSSR count). The fourth-order valence-electron chi connectivity index (χ4n) is 2.26. The fraction of sp³-hybridized carbons (Fsp3) is 0.294. The van der Waals surface area contributed by atoms with Gasteiger partial charge in [-0.3, -0.25) is 0 Å². The van der Waals surface area contributed by atoms with Crippen molar-refractivity contribution in [2.24, 2.45) is 0 Å². The summed E-state index contributed by atoms with van der Waals surface area (Å²) in [5, 5.41) is 5.83. The smallest absolute Gasteiger partial charge is 0.126 e. The van der Waals surface area contributed by atoms with E-state index < -0.39 is 0 Å². The highest BCUT2D eigenvalue weighted by molar-refractivity contribution is 5.93. The lowest BCUT2D eigenvalue weighted by atomic mass is 10.0. The predicted octanol–water partition coefficient (Wildman–Crippen LogP) is 3.86. The molecule has 0 aliphatic rings. The molecule has 2 aromatic carbocycles. The van der Waals surface area contributed by atoms with Crippen molar-refractivity contribution in [3.8, 4) is 5.75 Å². The molecule has 1 N–H and O–H groups in total. The molecule has 2 nitrogen and oxygen atoms in total. The Labute approximate surface area is 115 Å². The van der Waals surface area contributed by atoms with Crippen LogP contribution in [0.5, 0.6) is 5.75 Å². The molecule has 0 radical (unpaired) electrons. The van der Waals surface area contributed by atoms with E-state index in [1.54, 1.807) is 7.11 Å². The molecule has 1 unspecified atom stereocenters. The molecule has 0 fully saturated rings. The van der Waals surface area contributed by atoms with Crippen LogP contribution in [0, 0.1) is 0 Å². The van der Waals surface area contributed by atoms with Gasteiger partial charge in [0.25, 0.3) is 0 Å². The molecule has 2 aromatic rings. The van der Waals surface area contributed by atoms with Gasteiger partial charge >= 0.3 is 0 Å². The first kappa shape index (κ1) is 13.6. The maximum atomic E-state index is 5.47. The third kappa shape index (κ3) is 3.15. The number of hydrogen-bond donors (Lipinski definition) is 1. The summed E-state index contributed by atoms with van der Waals surface area (Å²) in [5.74, 6) is 0.915. The third-order valence-electron chi connectivity index (χ3n) is 3.23. The Morgan fingerprint density at radius 1 is 1.21 bits per heavy atom. The first-order chi connectivity index (χ1) is 9.26. The van der Waals surface area contributed by atoms with Crippen molar-refractivity contribution in [1.29, 1.82) is 0 Å². The standard InChI is InChI=1S/C17H21NO/c1-4-18-13(2)9-11-16-15-8-6-5-7-14(15)10-12-17(16)19-3/h5-13,18H,4H2,1-3H3/b11-9+. The molecule has 0 heterocycles. The minimum absolute atomic E-state index is 0.355. The third-order valence-corrected chi connectivity index (χ3v) is 3.23. The molecule has 0 amide bonds. The highest BCUT2D eigenvalue weighted by Gasteiger charge is 2.05. The Hall–Kier alpha value is -1.80. The molecule has 0 bridgehead atoms. The van der Waals surface area contributed by atoms with Crippen LogP contribution in [0.2, 0.25) is 0 Å². The van der Waals surface area contributed by atoms with Crippen molar-refractivity contribution < 1.29 is 4.74 Å². The molecule has 0 saturated carbocycles. The van der Waals surface area contributed by atoms with Crippen molar-refractivity contribution in [1.82, 2.24) is 5.32 Å². The van der Waals surface area contributed by atoms with Gasteiger partial charge in [0.1, 0.15) is 5.75 Å². The first-order valence-corrected chi connectivity index (χ1v) is 6.73. The summed E-state index contributed by atoms with van der Waals surface area (Å²) in [6.07, 6.45) is 4.32. The quantitative estimate of drug-likeness (QED) is 0.876. The van der Waals surface area contributed by atoms with Crippen LogP contribution in [0.1, 0.15) is 19.4 Å². The highest BCUT2D eigenvalue weighted by atomic mass is 16.5. The van der Waals surface area contributed by atoms with Crippen LogP contribution in [0.15, 0.2) is 42.5 Å². The number of methoxy groups -OCH3 is 1. The van der Waals surface area contributed by atoms with Crippen LogP contribution in [0.3, 0.4) is 0 Å². The number of ether oxygens (including phenoxy) is 1. The van der Waals surface area contributed by atoms with Crippen LogP contribution < -0.4 is 10.1 Å². The second-order valence-corrected chi connectivity index (χ2v) is 4.61. The first-order valence-electron chi connectivity index (χ1n) is 6.73. The zero-order chi connectivity index (χ0) is 13.7. The van der Waals surface area contributed by atoms with Crippen LogP contribution in [-0.2, 0) is 0 Å². The molecule has 1 atom stereocenters. The molecule has 2 heteroatoms. The topological polar surface area (TPSA) is 21.3 Å². The minimum atomic E-state index is 0.355. The lowest BCUT2D eigenvalue weighted by Crippen LogP contribution is -2.22. The van der Waals surface area contributed by atoms with E-state index >= 15 is 0 Å². The predicted molar refractivity (Wildman–Crippen MR) is 82.7 cm³/mol. The maximum Gasteiger partial charge on any atom is 0.126 e. The summed E-state index contributed by atoms with van der Waals surface area (Å²) in [6.45, 7) is 5.23. The molecule has 0 spiro atoms. The zero-order valence-electron chi connectivity index (χ0n) is 11.8. The Bertz CT molecular complexity index is 574. The Morgan fingerprint density at radius 3 is 2.74 bits per heavy atom. The van der Waals surface area contributed by atoms with E-state index in [0.717, 1.165) is 17.9 Å². The molecule has 0 saturated heterocycles. The zero-order valence-corrected chi connectivity index (χ0v) is 11.8. The minimum Gasteiger partial charge on any atom is -0.496 e. The van der Waals surface area contributed by atoms with E-state index in [1.807, 2.05) is 6.07 Å². The van der Waals surface area contributed by atoms with Gasteiger partial charge in [-0.2, -0.15) is 0 Å². The van der Waals surface area contributed by atoms with Gasteiger partial charge in [-0.1, -0.05) is 49.4 Å². The Morgan fingerprint density at radius 2 is 2.00 bits per heavy atom. The normalized spacial score (nSPS) is 13.0. The van der Waals surface area contributed by atoms with E-state index in [1.165, 1.54) is 10.8 Å². The van der Waals surface area contributed by atoms with Crippen molar-refractivity contribution >= 4 is 16.8 Å². The van der Waals surface area contributed by atoms with Crippen molar-refractivity contribution in [3.05, 3.63) is 48.0 Å². The average molecular weight is 255 g/mol. The van der Waals surface area contributed by atoms with Gasteiger partial charge < -0.3 is 10.1 Å². The van der Waals surface area contributed by atoms with Crippen LogP contribution >= 0.6 is 0 Å². The van der Waals surface area contributed by atoms with E-state index in [9.17, 15) is 0 Å². The second kappa shape index (κ2) is 6.39. The summed E-state index contributed by atoms with van der Waals surface area (Å²) in [6, 6.07) is 12.9. The Kier molecular flexibility index (Phi) is 4.58. The number of benzene rings is 2. The summed E-state index contributed by atoms with van der Waals surface area (Å²) in [5.41, 5.74) is 1.14. The number of hydrogen-bond acceptors (Lipinski definition) is 2.